The summed E-state index contributed by atoms with van der Waals surface area (Å²) in [7, 11) is 0. The highest BCUT2D eigenvalue weighted by molar-refractivity contribution is 5.76. The molecule has 0 aromatic carbocycles. The number of hydrogen-bond acceptors (Lipinski definition) is 22. The molecule has 4 fully saturated rings. The van der Waals surface area contributed by atoms with Gasteiger partial charge in [-0.15, -0.1) is 0 Å². The van der Waals surface area contributed by atoms with Gasteiger partial charge in [0.2, 0.25) is 5.91 Å². The number of aliphatic carboxylic acids is 1. The molecule has 1 amide bonds. The number of carbonyl (C=O) groups excluding carboxylic acids is 1. The lowest BCUT2D eigenvalue weighted by molar-refractivity contribution is -0.388. The fourth-order valence-electron chi connectivity index (χ4n) is 6.63. The summed E-state index contributed by atoms with van der Waals surface area (Å²) in [4.78, 5) is 24.7. The summed E-state index contributed by atoms with van der Waals surface area (Å²) in [6.07, 6.45) is -34.1. The molecule has 0 aromatic rings. The van der Waals surface area contributed by atoms with E-state index >= 15 is 0 Å². The van der Waals surface area contributed by atoms with E-state index < -0.39 is 166 Å². The van der Waals surface area contributed by atoms with Gasteiger partial charge in [0.05, 0.1) is 44.1 Å². The lowest BCUT2D eigenvalue weighted by Gasteiger charge is -2.51. The minimum Gasteiger partial charge on any atom is -0.477 e. The Balaban J connectivity index is 1.66. The van der Waals surface area contributed by atoms with Gasteiger partial charge >= 0.3 is 5.97 Å². The van der Waals surface area contributed by atoms with Crippen molar-refractivity contribution in [3.63, 3.8) is 0 Å². The molecule has 0 aliphatic carbocycles. The first-order valence-electron chi connectivity index (χ1n) is 16.7. The number of carboxylic acid groups (broad SMARTS) is 1. The van der Waals surface area contributed by atoms with Gasteiger partial charge in [-0.2, -0.15) is 0 Å². The van der Waals surface area contributed by atoms with Gasteiger partial charge in [0.15, 0.2) is 18.9 Å². The predicted octanol–water partition coefficient (Wildman–Crippen LogP) is -9.41. The fraction of sp³-hybridized carbons (Fsp3) is 0.931. The van der Waals surface area contributed by atoms with E-state index in [1.807, 2.05) is 0 Å². The average molecular weight is 779 g/mol. The number of amides is 1. The number of hydrogen-bond donors (Lipinski definition) is 15. The third-order valence-electron chi connectivity index (χ3n) is 9.62. The number of aliphatic hydroxyl groups is 12. The lowest BCUT2D eigenvalue weighted by atomic mass is 9.88. The van der Waals surface area contributed by atoms with E-state index in [4.69, 9.17) is 38.9 Å². The molecule has 4 saturated heterocycles. The van der Waals surface area contributed by atoms with Crippen molar-refractivity contribution in [3.05, 3.63) is 0 Å². The molecule has 0 aromatic heterocycles. The first-order valence-corrected chi connectivity index (χ1v) is 16.7. The Bertz CT molecular complexity index is 1220. The number of carboxylic acids is 1. The van der Waals surface area contributed by atoms with E-state index in [1.165, 1.54) is 6.92 Å². The van der Waals surface area contributed by atoms with Crippen molar-refractivity contribution in [2.45, 2.75) is 149 Å². The molecule has 24 heteroatoms. The SMILES string of the molecule is CC(=O)N[C@H]1[C@H]([C@H](O)[C@H](O)CO)O[C@@](O[C@H]2[C@@H](O)[C@@H](CO)O[C@@H](O[C@H]3[C@H](O[C@@H]4O[C@@H](C)[C@@H](O)[C@@H](O)[C@@H]4O)[C@@H](CO)OC(O)[C@@H]3N)[C@@H]2O)(C(=O)O)C[C@@H]1O. The van der Waals surface area contributed by atoms with Crippen molar-refractivity contribution >= 4 is 11.9 Å². The number of nitrogens with two attached hydrogens (primary N) is 1. The molecule has 21 atom stereocenters. The molecular formula is C29H50N2O22. The van der Waals surface area contributed by atoms with Crippen LogP contribution in [0.3, 0.4) is 0 Å². The molecule has 4 aliphatic rings. The van der Waals surface area contributed by atoms with Crippen LogP contribution in [0.4, 0.5) is 0 Å². The molecule has 53 heavy (non-hydrogen) atoms. The molecule has 24 nitrogen and oxygen atoms in total. The fourth-order valence-corrected chi connectivity index (χ4v) is 6.63. The lowest BCUT2D eigenvalue weighted by Crippen LogP contribution is -2.71. The zero-order valence-electron chi connectivity index (χ0n) is 28.4. The van der Waals surface area contributed by atoms with Crippen LogP contribution in [0.15, 0.2) is 0 Å². The maximum atomic E-state index is 12.8. The van der Waals surface area contributed by atoms with E-state index in [9.17, 15) is 76.0 Å². The van der Waals surface area contributed by atoms with Gasteiger partial charge in [-0.1, -0.05) is 0 Å². The Morgan fingerprint density at radius 3 is 2.00 bits per heavy atom. The molecule has 4 rings (SSSR count). The van der Waals surface area contributed by atoms with Crippen LogP contribution in [0, 0.1) is 0 Å². The molecular weight excluding hydrogens is 728 g/mol. The number of rotatable bonds is 13. The third kappa shape index (κ3) is 9.08. The normalized spacial score (nSPS) is 47.8. The van der Waals surface area contributed by atoms with Gasteiger partial charge in [-0.25, -0.2) is 4.79 Å². The van der Waals surface area contributed by atoms with Crippen molar-refractivity contribution in [2.24, 2.45) is 5.73 Å². The van der Waals surface area contributed by atoms with Crippen molar-refractivity contribution in [3.8, 4) is 0 Å². The molecule has 308 valence electrons. The van der Waals surface area contributed by atoms with Crippen molar-refractivity contribution in [1.82, 2.24) is 5.32 Å². The Kier molecular flexibility index (Phi) is 14.9. The molecule has 0 bridgehead atoms. The predicted molar refractivity (Wildman–Crippen MR) is 163 cm³/mol. The molecule has 0 spiro atoms. The summed E-state index contributed by atoms with van der Waals surface area (Å²) in [5, 5.41) is 138. The van der Waals surface area contributed by atoms with Gasteiger partial charge in [0.1, 0.15) is 79.4 Å². The Labute approximate surface area is 300 Å². The summed E-state index contributed by atoms with van der Waals surface area (Å²) < 4.78 is 39.2. The molecule has 4 aliphatic heterocycles. The second-order valence-electron chi connectivity index (χ2n) is 13.4. The van der Waals surface area contributed by atoms with Crippen LogP contribution < -0.4 is 11.1 Å². The first-order chi connectivity index (χ1) is 24.8. The highest BCUT2D eigenvalue weighted by Crippen LogP contribution is 2.38. The maximum Gasteiger partial charge on any atom is 0.364 e. The average Bonchev–Trinajstić information content (AvgIpc) is 3.11. The van der Waals surface area contributed by atoms with Crippen LogP contribution >= 0.6 is 0 Å². The quantitative estimate of drug-likeness (QED) is 0.0825. The van der Waals surface area contributed by atoms with E-state index in [1.54, 1.807) is 0 Å². The molecule has 4 heterocycles. The number of ether oxygens (including phenoxy) is 7. The van der Waals surface area contributed by atoms with Gasteiger partial charge in [-0.3, -0.25) is 4.79 Å². The maximum absolute atomic E-state index is 12.8. The zero-order chi connectivity index (χ0) is 39.7. The minimum atomic E-state index is -3.08. The van der Waals surface area contributed by atoms with Crippen LogP contribution in [0.1, 0.15) is 20.3 Å². The van der Waals surface area contributed by atoms with Gasteiger partial charge in [-0.05, 0) is 6.92 Å². The van der Waals surface area contributed by atoms with E-state index in [-0.39, 0.29) is 0 Å². The summed E-state index contributed by atoms with van der Waals surface area (Å²) >= 11 is 0. The first kappa shape index (κ1) is 43.9. The van der Waals surface area contributed by atoms with Crippen LogP contribution in [0.5, 0.6) is 0 Å². The smallest absolute Gasteiger partial charge is 0.364 e. The number of nitrogens with one attached hydrogen (secondary N) is 1. The monoisotopic (exact) mass is 778 g/mol. The molecule has 1 unspecified atom stereocenters. The largest absolute Gasteiger partial charge is 0.477 e. The second kappa shape index (κ2) is 17.9. The third-order valence-corrected chi connectivity index (χ3v) is 9.62. The molecule has 16 N–H and O–H groups in total. The summed E-state index contributed by atoms with van der Waals surface area (Å²) in [5.41, 5.74) is 6.15. The summed E-state index contributed by atoms with van der Waals surface area (Å²) in [6, 6.07) is -3.19. The Hall–Kier alpha value is -1.86. The van der Waals surface area contributed by atoms with Crippen LogP contribution in [-0.4, -0.2) is 226 Å². The zero-order valence-corrected chi connectivity index (χ0v) is 28.4. The van der Waals surface area contributed by atoms with Crippen LogP contribution in [-0.2, 0) is 42.7 Å². The number of aliphatic hydroxyl groups excluding tert-OH is 12. The highest BCUT2D eigenvalue weighted by atomic mass is 16.8. The number of carbonyl (C=O) groups is 2. The van der Waals surface area contributed by atoms with E-state index in [2.05, 4.69) is 5.32 Å². The van der Waals surface area contributed by atoms with Crippen molar-refractivity contribution < 1.29 is 109 Å². The standard InChI is InChI=1S/C29H50N2O22/c1-7-15(38)18(41)19(42)26(47-7)50-21-12(6-34)48-25(44)13(30)22(21)51-27-20(43)24(17(40)11(5-33)49-27)53-29(28(45)46)3-9(36)14(31-8(2)35)23(52-29)16(39)10(37)4-32/h7,9-27,32-34,36-44H,3-6,30H2,1-2H3,(H,31,35)(H,45,46)/t7-,9-,10+,11+,12+,13+,14+,15+,16+,17-,18+,19-,20+,21+,22+,23+,24-,25?,26-,27-,29-/m0/s1. The van der Waals surface area contributed by atoms with Crippen molar-refractivity contribution in [1.29, 1.82) is 0 Å². The molecule has 0 radical (unpaired) electrons. The Morgan fingerprint density at radius 2 is 1.43 bits per heavy atom. The summed E-state index contributed by atoms with van der Waals surface area (Å²) in [6.45, 7) is -0.596. The van der Waals surface area contributed by atoms with Crippen LogP contribution in [0.2, 0.25) is 0 Å². The van der Waals surface area contributed by atoms with Gasteiger partial charge in [0.25, 0.3) is 5.79 Å². The highest BCUT2D eigenvalue weighted by Gasteiger charge is 2.60. The van der Waals surface area contributed by atoms with Crippen molar-refractivity contribution in [2.75, 3.05) is 19.8 Å². The van der Waals surface area contributed by atoms with Gasteiger partial charge < -0.3 is 111 Å². The van der Waals surface area contributed by atoms with E-state index in [0.717, 1.165) is 6.92 Å². The molecule has 0 saturated carbocycles. The summed E-state index contributed by atoms with van der Waals surface area (Å²) in [5.74, 6) is -5.86. The van der Waals surface area contributed by atoms with E-state index in [0.29, 0.717) is 0 Å². The topological polar surface area (TPSA) is 400 Å². The Morgan fingerprint density at radius 1 is 0.830 bits per heavy atom. The second-order valence-corrected chi connectivity index (χ2v) is 13.4. The van der Waals surface area contributed by atoms with Gasteiger partial charge in [0, 0.05) is 13.3 Å². The minimum absolute atomic E-state index is 0.770. The van der Waals surface area contributed by atoms with Crippen LogP contribution in [0.25, 0.3) is 0 Å².